The molecule has 0 fully saturated rings. The summed E-state index contributed by atoms with van der Waals surface area (Å²) in [5, 5.41) is 16.6. The number of H-pyrrole nitrogens is 1. The van der Waals surface area contributed by atoms with Crippen LogP contribution in [0.1, 0.15) is 24.5 Å². The van der Waals surface area contributed by atoms with E-state index >= 15 is 0 Å². The first-order valence-electron chi connectivity index (χ1n) is 10.1. The molecule has 1 amide bonds. The lowest BCUT2D eigenvalue weighted by Crippen LogP contribution is -2.35. The normalized spacial score (nSPS) is 17.4. The van der Waals surface area contributed by atoms with Crippen LogP contribution in [0.5, 0.6) is 0 Å². The van der Waals surface area contributed by atoms with Crippen LogP contribution in [0.2, 0.25) is 0 Å². The number of aliphatic hydroxyl groups is 1. The number of hydrogen-bond donors (Lipinski definition) is 3. The monoisotopic (exact) mass is 452 g/mol. The summed E-state index contributed by atoms with van der Waals surface area (Å²) in [6.45, 7) is 1.28. The van der Waals surface area contributed by atoms with Crippen LogP contribution >= 0.6 is 0 Å². The van der Waals surface area contributed by atoms with E-state index in [9.17, 15) is 23.5 Å². The van der Waals surface area contributed by atoms with Crippen LogP contribution in [0, 0.1) is 11.6 Å². The number of halogens is 2. The largest absolute Gasteiger partial charge is 0.396 e. The molecule has 4 heterocycles. The molecule has 0 saturated heterocycles. The van der Waals surface area contributed by atoms with Gasteiger partial charge in [0.15, 0.2) is 11.5 Å². The van der Waals surface area contributed by atoms with Crippen molar-refractivity contribution in [1.29, 1.82) is 0 Å². The summed E-state index contributed by atoms with van der Waals surface area (Å²) in [5.74, 6) is -1.46. The first kappa shape index (κ1) is 20.9. The molecule has 1 atom stereocenters. The van der Waals surface area contributed by atoms with E-state index in [-0.39, 0.29) is 53.5 Å². The van der Waals surface area contributed by atoms with Crippen molar-refractivity contribution >= 4 is 22.8 Å². The Morgan fingerprint density at radius 3 is 2.76 bits per heavy atom. The van der Waals surface area contributed by atoms with Crippen molar-refractivity contribution in [3.8, 4) is 11.5 Å². The van der Waals surface area contributed by atoms with Crippen LogP contribution in [0.15, 0.2) is 41.3 Å². The number of amides is 1. The Bertz CT molecular complexity index is 1480. The molecule has 1 aliphatic rings. The van der Waals surface area contributed by atoms with Gasteiger partial charge in [0, 0.05) is 12.2 Å². The summed E-state index contributed by atoms with van der Waals surface area (Å²) in [6.07, 6.45) is 1.07. The first-order valence-corrected chi connectivity index (χ1v) is 10.1. The van der Waals surface area contributed by atoms with Crippen molar-refractivity contribution in [3.63, 3.8) is 0 Å². The van der Waals surface area contributed by atoms with Crippen molar-refractivity contribution < 1.29 is 18.7 Å². The van der Waals surface area contributed by atoms with Gasteiger partial charge in [-0.05, 0) is 25.5 Å². The van der Waals surface area contributed by atoms with Crippen LogP contribution < -0.4 is 10.9 Å². The molecule has 3 aromatic heterocycles. The summed E-state index contributed by atoms with van der Waals surface area (Å²) >= 11 is 0. The highest BCUT2D eigenvalue weighted by molar-refractivity contribution is 6.05. The zero-order valence-corrected chi connectivity index (χ0v) is 17.4. The number of aromatic nitrogens is 5. The van der Waals surface area contributed by atoms with E-state index in [4.69, 9.17) is 0 Å². The fourth-order valence-electron chi connectivity index (χ4n) is 4.12. The van der Waals surface area contributed by atoms with Crippen LogP contribution in [0.4, 0.5) is 14.6 Å². The van der Waals surface area contributed by atoms with Gasteiger partial charge in [0.05, 0.1) is 29.1 Å². The zero-order valence-electron chi connectivity index (χ0n) is 17.4. The van der Waals surface area contributed by atoms with Crippen molar-refractivity contribution in [3.05, 3.63) is 69.6 Å². The van der Waals surface area contributed by atoms with Gasteiger partial charge in [-0.2, -0.15) is 5.10 Å². The molecule has 4 aromatic rings. The lowest BCUT2D eigenvalue weighted by molar-refractivity contribution is -0.120. The average Bonchev–Trinajstić information content (AvgIpc) is 3.24. The Balaban J connectivity index is 1.67. The highest BCUT2D eigenvalue weighted by atomic mass is 19.1. The quantitative estimate of drug-likeness (QED) is 0.426. The van der Waals surface area contributed by atoms with Crippen LogP contribution in [0.3, 0.4) is 0 Å². The third-order valence-corrected chi connectivity index (χ3v) is 5.87. The molecule has 0 aliphatic carbocycles. The minimum absolute atomic E-state index is 0.00279. The third-order valence-electron chi connectivity index (χ3n) is 5.87. The summed E-state index contributed by atoms with van der Waals surface area (Å²) in [4.78, 5) is 36.5. The minimum Gasteiger partial charge on any atom is -0.396 e. The number of nitrogens with zero attached hydrogens (tertiary/aromatic N) is 4. The van der Waals surface area contributed by atoms with Gasteiger partial charge >= 0.3 is 0 Å². The molecule has 0 saturated carbocycles. The molecule has 9 nitrogen and oxygen atoms in total. The van der Waals surface area contributed by atoms with Crippen LogP contribution in [0.25, 0.3) is 22.6 Å². The average molecular weight is 452 g/mol. The summed E-state index contributed by atoms with van der Waals surface area (Å²) in [6, 6.07) is 7.37. The van der Waals surface area contributed by atoms with Gasteiger partial charge in [0.2, 0.25) is 5.91 Å². The number of nitrogens with one attached hydrogen (secondary N) is 2. The standard InChI is InChI=1S/C22H18F2N6O3/c1-22(6-7-31)15-17(28-21(22)33)26-18(27-20(15)32)16-13-8-12(23)9-25-19(13)30(29-16)10-11-4-2-3-5-14(11)24/h2-5,8-9,31H,6-7,10H2,1H3,(H2,26,27,28,32,33). The lowest BCUT2D eigenvalue weighted by Gasteiger charge is -2.19. The first-order chi connectivity index (χ1) is 15.8. The van der Waals surface area contributed by atoms with Gasteiger partial charge < -0.3 is 15.4 Å². The molecule has 33 heavy (non-hydrogen) atoms. The van der Waals surface area contributed by atoms with Crippen LogP contribution in [-0.2, 0) is 16.8 Å². The summed E-state index contributed by atoms with van der Waals surface area (Å²) < 4.78 is 29.6. The third kappa shape index (κ3) is 3.28. The molecule has 1 aromatic carbocycles. The summed E-state index contributed by atoms with van der Waals surface area (Å²) in [5.41, 5.74) is -0.953. The van der Waals surface area contributed by atoms with Crippen LogP contribution in [-0.4, -0.2) is 42.4 Å². The molecule has 168 valence electrons. The molecule has 5 rings (SSSR count). The van der Waals surface area contributed by atoms with E-state index in [0.717, 1.165) is 6.20 Å². The molecule has 0 bridgehead atoms. The maximum atomic E-state index is 14.2. The highest BCUT2D eigenvalue weighted by Gasteiger charge is 2.45. The van der Waals surface area contributed by atoms with E-state index in [1.54, 1.807) is 25.1 Å². The molecular formula is C22H18F2N6O3. The number of hydrogen-bond acceptors (Lipinski definition) is 6. The molecule has 3 N–H and O–H groups in total. The number of rotatable bonds is 5. The van der Waals surface area contributed by atoms with Crippen molar-refractivity contribution in [2.75, 3.05) is 11.9 Å². The number of carbonyl (C=O) groups is 1. The Labute approximate surface area is 185 Å². The Kier molecular flexibility index (Phi) is 4.78. The van der Waals surface area contributed by atoms with Crippen molar-refractivity contribution in [1.82, 2.24) is 24.7 Å². The number of carbonyl (C=O) groups excluding carboxylic acids is 1. The topological polar surface area (TPSA) is 126 Å². The number of aliphatic hydroxyl groups excluding tert-OH is 1. The fourth-order valence-corrected chi connectivity index (χ4v) is 4.12. The predicted molar refractivity (Wildman–Crippen MR) is 115 cm³/mol. The Hall–Kier alpha value is -3.99. The van der Waals surface area contributed by atoms with Gasteiger partial charge in [0.25, 0.3) is 5.56 Å². The number of aromatic amines is 1. The van der Waals surface area contributed by atoms with E-state index in [1.165, 1.54) is 16.8 Å². The Morgan fingerprint density at radius 2 is 2.00 bits per heavy atom. The van der Waals surface area contributed by atoms with Gasteiger partial charge in [-0.25, -0.2) is 23.4 Å². The molecule has 1 unspecified atom stereocenters. The number of benzene rings is 1. The van der Waals surface area contributed by atoms with Gasteiger partial charge in [-0.3, -0.25) is 9.59 Å². The SMILES string of the molecule is CC1(CCO)C(=O)Nc2nc(-c3nn(Cc4ccccc4F)c4ncc(F)cc34)[nH]c(=O)c21. The fraction of sp³-hybridized carbons (Fsp3) is 0.227. The zero-order chi connectivity index (χ0) is 23.3. The van der Waals surface area contributed by atoms with Gasteiger partial charge in [-0.1, -0.05) is 18.2 Å². The predicted octanol–water partition coefficient (Wildman–Crippen LogP) is 2.10. The van der Waals surface area contributed by atoms with E-state index in [0.29, 0.717) is 5.56 Å². The maximum Gasteiger partial charge on any atom is 0.257 e. The second-order valence-electron chi connectivity index (χ2n) is 8.02. The van der Waals surface area contributed by atoms with Gasteiger partial charge in [0.1, 0.15) is 23.1 Å². The molecule has 0 radical (unpaired) electrons. The second-order valence-corrected chi connectivity index (χ2v) is 8.02. The number of pyridine rings is 1. The van der Waals surface area contributed by atoms with E-state index in [1.807, 2.05) is 0 Å². The molecule has 1 aliphatic heterocycles. The smallest absolute Gasteiger partial charge is 0.257 e. The van der Waals surface area contributed by atoms with E-state index in [2.05, 4.69) is 25.4 Å². The molecule has 11 heteroatoms. The summed E-state index contributed by atoms with van der Waals surface area (Å²) in [7, 11) is 0. The maximum absolute atomic E-state index is 14.2. The number of fused-ring (bicyclic) bond motifs is 2. The lowest BCUT2D eigenvalue weighted by atomic mass is 9.82. The highest BCUT2D eigenvalue weighted by Crippen LogP contribution is 2.37. The Morgan fingerprint density at radius 1 is 1.21 bits per heavy atom. The molecular weight excluding hydrogens is 434 g/mol. The minimum atomic E-state index is -1.23. The number of anilines is 1. The van der Waals surface area contributed by atoms with E-state index < -0.39 is 28.5 Å². The molecule has 0 spiro atoms. The van der Waals surface area contributed by atoms with Gasteiger partial charge in [-0.15, -0.1) is 0 Å². The second kappa shape index (κ2) is 7.55. The van der Waals surface area contributed by atoms with Crippen molar-refractivity contribution in [2.24, 2.45) is 0 Å². The van der Waals surface area contributed by atoms with Crippen molar-refractivity contribution in [2.45, 2.75) is 25.3 Å².